The molecule has 0 aliphatic heterocycles. The number of pyridine rings is 1. The van der Waals surface area contributed by atoms with Gasteiger partial charge in [0.15, 0.2) is 0 Å². The van der Waals surface area contributed by atoms with Crippen molar-refractivity contribution in [2.45, 2.75) is 25.9 Å². The molecule has 0 aromatic carbocycles. The molecule has 1 aromatic heterocycles. The van der Waals surface area contributed by atoms with Crippen molar-refractivity contribution >= 4 is 0 Å². The predicted molar refractivity (Wildman–Crippen MR) is 59.9 cm³/mol. The van der Waals surface area contributed by atoms with Gasteiger partial charge in [0.05, 0.1) is 13.2 Å². The Bertz CT molecular complexity index is 319. The van der Waals surface area contributed by atoms with E-state index in [9.17, 15) is 5.11 Å². The topological polar surface area (TPSA) is 42.4 Å². The fourth-order valence-corrected chi connectivity index (χ4v) is 1.40. The first kappa shape index (κ1) is 11.7. The summed E-state index contributed by atoms with van der Waals surface area (Å²) in [6.45, 7) is 5.68. The van der Waals surface area contributed by atoms with E-state index < -0.39 is 0 Å². The third-order valence-electron chi connectivity index (χ3n) is 2.06. The van der Waals surface area contributed by atoms with E-state index in [2.05, 4.69) is 11.6 Å². The summed E-state index contributed by atoms with van der Waals surface area (Å²) in [6, 6.07) is 3.70. The van der Waals surface area contributed by atoms with Crippen LogP contribution in [0.1, 0.15) is 18.9 Å². The molecule has 1 aromatic rings. The van der Waals surface area contributed by atoms with Crippen molar-refractivity contribution in [1.29, 1.82) is 0 Å². The van der Waals surface area contributed by atoms with Crippen molar-refractivity contribution in [2.75, 3.05) is 7.11 Å². The largest absolute Gasteiger partial charge is 0.481 e. The lowest BCUT2D eigenvalue weighted by atomic mass is 10.0. The summed E-state index contributed by atoms with van der Waals surface area (Å²) in [5.41, 5.74) is 1.99. The standard InChI is InChI=1S/C12H17NO2/c1-9(2)6-11(14)7-10-4-5-12(15-3)13-8-10/h4-5,8,11,14H,1,6-7H2,2-3H3. The first-order valence-corrected chi connectivity index (χ1v) is 4.93. The molecule has 82 valence electrons. The van der Waals surface area contributed by atoms with Gasteiger partial charge in [0.1, 0.15) is 0 Å². The molecule has 1 unspecified atom stereocenters. The molecule has 0 fully saturated rings. The second-order valence-electron chi connectivity index (χ2n) is 3.73. The minimum atomic E-state index is -0.377. The van der Waals surface area contributed by atoms with E-state index in [4.69, 9.17) is 4.74 Å². The number of hydrogen-bond donors (Lipinski definition) is 1. The summed E-state index contributed by atoms with van der Waals surface area (Å²) < 4.78 is 4.95. The number of nitrogens with zero attached hydrogens (tertiary/aromatic N) is 1. The zero-order valence-corrected chi connectivity index (χ0v) is 9.23. The summed E-state index contributed by atoms with van der Waals surface area (Å²) in [4.78, 5) is 4.07. The Morgan fingerprint density at radius 3 is 2.80 bits per heavy atom. The molecule has 0 aliphatic rings. The van der Waals surface area contributed by atoms with Gasteiger partial charge in [-0.05, 0) is 18.9 Å². The van der Waals surface area contributed by atoms with Gasteiger partial charge in [0.25, 0.3) is 0 Å². The SMILES string of the molecule is C=C(C)CC(O)Cc1ccc(OC)nc1. The van der Waals surface area contributed by atoms with E-state index in [1.165, 1.54) is 0 Å². The number of aliphatic hydroxyl groups is 1. The third-order valence-corrected chi connectivity index (χ3v) is 2.06. The van der Waals surface area contributed by atoms with Crippen LogP contribution in [0, 0.1) is 0 Å². The summed E-state index contributed by atoms with van der Waals surface area (Å²) >= 11 is 0. The molecule has 3 nitrogen and oxygen atoms in total. The molecule has 1 atom stereocenters. The van der Waals surface area contributed by atoms with Gasteiger partial charge in [-0.25, -0.2) is 4.98 Å². The predicted octanol–water partition coefficient (Wildman–Crippen LogP) is 1.96. The van der Waals surface area contributed by atoms with E-state index in [1.54, 1.807) is 19.4 Å². The molecule has 1 heterocycles. The number of rotatable bonds is 5. The summed E-state index contributed by atoms with van der Waals surface area (Å²) in [5, 5.41) is 9.68. The maximum Gasteiger partial charge on any atom is 0.212 e. The average molecular weight is 207 g/mol. The average Bonchev–Trinajstić information content (AvgIpc) is 2.17. The zero-order chi connectivity index (χ0) is 11.3. The van der Waals surface area contributed by atoms with Crippen LogP contribution in [-0.2, 0) is 6.42 Å². The van der Waals surface area contributed by atoms with Crippen LogP contribution in [-0.4, -0.2) is 23.3 Å². The summed E-state index contributed by atoms with van der Waals surface area (Å²) in [7, 11) is 1.58. The lowest BCUT2D eigenvalue weighted by molar-refractivity contribution is 0.175. The molecule has 1 N–H and O–H groups in total. The van der Waals surface area contributed by atoms with Crippen LogP contribution >= 0.6 is 0 Å². The molecule has 0 spiro atoms. The summed E-state index contributed by atoms with van der Waals surface area (Å²) in [5.74, 6) is 0.591. The molecule has 1 rings (SSSR count). The lowest BCUT2D eigenvalue weighted by Crippen LogP contribution is -2.10. The number of ether oxygens (including phenoxy) is 1. The molecule has 15 heavy (non-hydrogen) atoms. The number of aromatic nitrogens is 1. The smallest absolute Gasteiger partial charge is 0.212 e. The molecular formula is C12H17NO2. The fourth-order valence-electron chi connectivity index (χ4n) is 1.40. The highest BCUT2D eigenvalue weighted by atomic mass is 16.5. The molecular weight excluding hydrogens is 190 g/mol. The third kappa shape index (κ3) is 4.13. The summed E-state index contributed by atoms with van der Waals surface area (Å²) in [6.07, 6.45) is 2.58. The number of methoxy groups -OCH3 is 1. The monoisotopic (exact) mass is 207 g/mol. The van der Waals surface area contributed by atoms with Gasteiger partial charge < -0.3 is 9.84 Å². The van der Waals surface area contributed by atoms with Crippen molar-refractivity contribution in [3.63, 3.8) is 0 Å². The Kier molecular flexibility index (Phi) is 4.31. The fraction of sp³-hybridized carbons (Fsp3) is 0.417. The Morgan fingerprint density at radius 2 is 2.33 bits per heavy atom. The molecule has 3 heteroatoms. The second-order valence-corrected chi connectivity index (χ2v) is 3.73. The quantitative estimate of drug-likeness (QED) is 0.750. The Labute approximate surface area is 90.4 Å². The van der Waals surface area contributed by atoms with Gasteiger partial charge in [0.2, 0.25) is 5.88 Å². The van der Waals surface area contributed by atoms with Gasteiger partial charge in [-0.1, -0.05) is 11.6 Å². The normalized spacial score (nSPS) is 12.2. The van der Waals surface area contributed by atoms with Crippen molar-refractivity contribution in [1.82, 2.24) is 4.98 Å². The van der Waals surface area contributed by atoms with Crippen molar-refractivity contribution < 1.29 is 9.84 Å². The lowest BCUT2D eigenvalue weighted by Gasteiger charge is -2.10. The van der Waals surface area contributed by atoms with Gasteiger partial charge in [0, 0.05) is 18.7 Å². The highest BCUT2D eigenvalue weighted by molar-refractivity contribution is 5.18. The van der Waals surface area contributed by atoms with Crippen LogP contribution in [0.25, 0.3) is 0 Å². The Balaban J connectivity index is 2.53. The number of hydrogen-bond acceptors (Lipinski definition) is 3. The minimum Gasteiger partial charge on any atom is -0.481 e. The molecule has 0 aliphatic carbocycles. The molecule has 0 bridgehead atoms. The molecule has 0 radical (unpaired) electrons. The zero-order valence-electron chi connectivity index (χ0n) is 9.23. The first-order chi connectivity index (χ1) is 7.11. The van der Waals surface area contributed by atoms with Crippen molar-refractivity contribution in [2.24, 2.45) is 0 Å². The first-order valence-electron chi connectivity index (χ1n) is 4.93. The van der Waals surface area contributed by atoms with E-state index in [-0.39, 0.29) is 6.10 Å². The van der Waals surface area contributed by atoms with E-state index >= 15 is 0 Å². The van der Waals surface area contributed by atoms with Gasteiger partial charge in [-0.15, -0.1) is 6.58 Å². The van der Waals surface area contributed by atoms with E-state index in [1.807, 2.05) is 13.0 Å². The van der Waals surface area contributed by atoms with Crippen LogP contribution in [0.15, 0.2) is 30.5 Å². The highest BCUT2D eigenvalue weighted by Crippen LogP contribution is 2.11. The molecule has 0 saturated carbocycles. The van der Waals surface area contributed by atoms with E-state index in [0.29, 0.717) is 18.7 Å². The Morgan fingerprint density at radius 1 is 1.60 bits per heavy atom. The van der Waals surface area contributed by atoms with Crippen LogP contribution in [0.4, 0.5) is 0 Å². The maximum absolute atomic E-state index is 9.68. The minimum absolute atomic E-state index is 0.377. The van der Waals surface area contributed by atoms with Crippen LogP contribution in [0.2, 0.25) is 0 Å². The second kappa shape index (κ2) is 5.51. The van der Waals surface area contributed by atoms with Gasteiger partial charge >= 0.3 is 0 Å². The van der Waals surface area contributed by atoms with Crippen molar-refractivity contribution in [3.8, 4) is 5.88 Å². The van der Waals surface area contributed by atoms with E-state index in [0.717, 1.165) is 11.1 Å². The van der Waals surface area contributed by atoms with Crippen LogP contribution in [0.5, 0.6) is 5.88 Å². The van der Waals surface area contributed by atoms with Gasteiger partial charge in [-0.2, -0.15) is 0 Å². The highest BCUT2D eigenvalue weighted by Gasteiger charge is 2.06. The van der Waals surface area contributed by atoms with Crippen molar-refractivity contribution in [3.05, 3.63) is 36.0 Å². The van der Waals surface area contributed by atoms with Crippen LogP contribution in [0.3, 0.4) is 0 Å². The van der Waals surface area contributed by atoms with Gasteiger partial charge in [-0.3, -0.25) is 0 Å². The molecule has 0 amide bonds. The Hall–Kier alpha value is -1.35. The number of aliphatic hydroxyl groups excluding tert-OH is 1. The maximum atomic E-state index is 9.68. The molecule has 0 saturated heterocycles. The van der Waals surface area contributed by atoms with Crippen LogP contribution < -0.4 is 4.74 Å².